The molecule has 1 N–H and O–H groups in total. The summed E-state index contributed by atoms with van der Waals surface area (Å²) in [6, 6.07) is 16.5. The molecule has 0 saturated carbocycles. The summed E-state index contributed by atoms with van der Waals surface area (Å²) in [6.07, 6.45) is 6.50. The van der Waals surface area contributed by atoms with E-state index in [1.54, 1.807) is 0 Å². The third kappa shape index (κ3) is 7.51. The molecule has 3 rings (SSSR count). The van der Waals surface area contributed by atoms with Crippen LogP contribution in [0.4, 0.5) is 5.69 Å². The van der Waals surface area contributed by atoms with Crippen molar-refractivity contribution in [1.29, 1.82) is 0 Å². The Balaban J connectivity index is 1.36. The number of aryl methyl sites for hydroxylation is 2. The Labute approximate surface area is 185 Å². The van der Waals surface area contributed by atoms with Gasteiger partial charge in [0, 0.05) is 11.6 Å². The van der Waals surface area contributed by atoms with Crippen LogP contribution in [-0.4, -0.2) is 44.0 Å². The van der Waals surface area contributed by atoms with Gasteiger partial charge in [0.25, 0.3) is 0 Å². The first-order chi connectivity index (χ1) is 15.0. The van der Waals surface area contributed by atoms with Crippen LogP contribution < -0.4 is 5.32 Å². The maximum Gasteiger partial charge on any atom is 0.309 e. The van der Waals surface area contributed by atoms with E-state index in [1.807, 2.05) is 24.3 Å². The summed E-state index contributed by atoms with van der Waals surface area (Å²) in [5, 5.41) is 3.08. The van der Waals surface area contributed by atoms with Gasteiger partial charge in [-0.05, 0) is 87.5 Å². The van der Waals surface area contributed by atoms with Gasteiger partial charge in [0.05, 0.1) is 13.5 Å². The number of piperidine rings is 1. The maximum atomic E-state index is 12.4. The summed E-state index contributed by atoms with van der Waals surface area (Å²) in [5.41, 5.74) is 4.46. The number of esters is 1. The standard InChI is InChI=1S/C26H34N2O3/c1-28-17-15-23(16-18-28)26(30)27-24-13-11-21(12-14-24)6-4-3-5-20-7-9-22(10-8-20)19-25(29)31-2/h7-14,23H,3-6,15-19H2,1-2H3,(H,27,30). The Morgan fingerprint density at radius 3 is 1.97 bits per heavy atom. The number of nitrogens with one attached hydrogen (secondary N) is 1. The highest BCUT2D eigenvalue weighted by Gasteiger charge is 2.23. The van der Waals surface area contributed by atoms with Gasteiger partial charge in [0.15, 0.2) is 0 Å². The van der Waals surface area contributed by atoms with Crippen LogP contribution in [0.1, 0.15) is 42.4 Å². The molecule has 2 aromatic carbocycles. The van der Waals surface area contributed by atoms with Crippen LogP contribution in [0.25, 0.3) is 0 Å². The molecule has 0 atom stereocenters. The lowest BCUT2D eigenvalue weighted by atomic mass is 9.96. The highest BCUT2D eigenvalue weighted by molar-refractivity contribution is 5.92. The molecule has 1 saturated heterocycles. The largest absolute Gasteiger partial charge is 0.469 e. The topological polar surface area (TPSA) is 58.6 Å². The second-order valence-electron chi connectivity index (χ2n) is 8.54. The first-order valence-corrected chi connectivity index (χ1v) is 11.3. The van der Waals surface area contributed by atoms with Crippen molar-refractivity contribution in [3.05, 3.63) is 65.2 Å². The van der Waals surface area contributed by atoms with E-state index in [0.29, 0.717) is 6.42 Å². The van der Waals surface area contributed by atoms with Gasteiger partial charge in [-0.1, -0.05) is 36.4 Å². The number of benzene rings is 2. The number of carbonyl (C=O) groups excluding carboxylic acids is 2. The molecule has 5 heteroatoms. The smallest absolute Gasteiger partial charge is 0.309 e. The number of ether oxygens (including phenoxy) is 1. The van der Waals surface area contributed by atoms with Crippen LogP contribution in [0.3, 0.4) is 0 Å². The third-order valence-electron chi connectivity index (χ3n) is 6.09. The van der Waals surface area contributed by atoms with Crippen LogP contribution in [-0.2, 0) is 33.6 Å². The predicted octanol–water partition coefficient (Wildman–Crippen LogP) is 4.25. The third-order valence-corrected chi connectivity index (χ3v) is 6.09. The van der Waals surface area contributed by atoms with E-state index in [-0.39, 0.29) is 17.8 Å². The monoisotopic (exact) mass is 422 g/mol. The number of carbonyl (C=O) groups is 2. The Morgan fingerprint density at radius 1 is 0.903 bits per heavy atom. The molecule has 0 bridgehead atoms. The first-order valence-electron chi connectivity index (χ1n) is 11.3. The van der Waals surface area contributed by atoms with Crippen LogP contribution in [0.5, 0.6) is 0 Å². The Bertz CT molecular complexity index is 838. The van der Waals surface area contributed by atoms with Crippen LogP contribution in [0.15, 0.2) is 48.5 Å². The molecular weight excluding hydrogens is 388 g/mol. The van der Waals surface area contributed by atoms with E-state index < -0.39 is 0 Å². The molecule has 166 valence electrons. The normalized spacial score (nSPS) is 14.9. The van der Waals surface area contributed by atoms with Crippen molar-refractivity contribution in [2.75, 3.05) is 32.6 Å². The zero-order valence-electron chi connectivity index (χ0n) is 18.7. The van der Waals surface area contributed by atoms with Gasteiger partial charge in [-0.15, -0.1) is 0 Å². The SMILES string of the molecule is COC(=O)Cc1ccc(CCCCc2ccc(NC(=O)C3CCN(C)CC3)cc2)cc1. The molecule has 1 amide bonds. The van der Waals surface area contributed by atoms with E-state index in [4.69, 9.17) is 4.74 Å². The molecule has 31 heavy (non-hydrogen) atoms. The highest BCUT2D eigenvalue weighted by atomic mass is 16.5. The summed E-state index contributed by atoms with van der Waals surface area (Å²) >= 11 is 0. The summed E-state index contributed by atoms with van der Waals surface area (Å²) in [5.74, 6) is 0.0732. The van der Waals surface area contributed by atoms with E-state index >= 15 is 0 Å². The molecule has 1 aliphatic heterocycles. The van der Waals surface area contributed by atoms with Crippen molar-refractivity contribution in [2.45, 2.75) is 44.9 Å². The Hall–Kier alpha value is -2.66. The van der Waals surface area contributed by atoms with E-state index in [9.17, 15) is 9.59 Å². The van der Waals surface area contributed by atoms with Gasteiger partial charge in [-0.3, -0.25) is 9.59 Å². The minimum atomic E-state index is -0.208. The van der Waals surface area contributed by atoms with Crippen molar-refractivity contribution in [3.63, 3.8) is 0 Å². The molecule has 1 aliphatic rings. The highest BCUT2D eigenvalue weighted by Crippen LogP contribution is 2.19. The van der Waals surface area contributed by atoms with Crippen molar-refractivity contribution >= 4 is 17.6 Å². The van der Waals surface area contributed by atoms with Crippen molar-refractivity contribution in [3.8, 4) is 0 Å². The predicted molar refractivity (Wildman–Crippen MR) is 124 cm³/mol. The van der Waals surface area contributed by atoms with Gasteiger partial charge in [-0.25, -0.2) is 0 Å². The molecule has 5 nitrogen and oxygen atoms in total. The number of hydrogen-bond donors (Lipinski definition) is 1. The van der Waals surface area contributed by atoms with E-state index in [0.717, 1.165) is 62.9 Å². The van der Waals surface area contributed by atoms with Crippen LogP contribution in [0, 0.1) is 5.92 Å². The lowest BCUT2D eigenvalue weighted by Gasteiger charge is -2.28. The number of nitrogens with zero attached hydrogens (tertiary/aromatic N) is 1. The summed E-state index contributed by atoms with van der Waals surface area (Å²) in [4.78, 5) is 26.0. The lowest BCUT2D eigenvalue weighted by Crippen LogP contribution is -2.35. The van der Waals surface area contributed by atoms with E-state index in [2.05, 4.69) is 41.5 Å². The van der Waals surface area contributed by atoms with Gasteiger partial charge in [-0.2, -0.15) is 0 Å². The molecule has 0 aromatic heterocycles. The number of methoxy groups -OCH3 is 1. The fraction of sp³-hybridized carbons (Fsp3) is 0.462. The molecule has 2 aromatic rings. The number of amides is 1. The van der Waals surface area contributed by atoms with Crippen molar-refractivity contribution in [2.24, 2.45) is 5.92 Å². The Kier molecular flexibility index (Phi) is 8.65. The van der Waals surface area contributed by atoms with Crippen molar-refractivity contribution in [1.82, 2.24) is 4.90 Å². The number of unbranched alkanes of at least 4 members (excludes halogenated alkanes) is 1. The van der Waals surface area contributed by atoms with E-state index in [1.165, 1.54) is 18.2 Å². The first kappa shape index (κ1) is 23.0. The molecule has 0 spiro atoms. The number of rotatable bonds is 9. The molecule has 1 fully saturated rings. The fourth-order valence-electron chi connectivity index (χ4n) is 3.99. The molecule has 0 radical (unpaired) electrons. The Morgan fingerprint density at radius 2 is 1.42 bits per heavy atom. The average molecular weight is 423 g/mol. The summed E-state index contributed by atoms with van der Waals surface area (Å²) < 4.78 is 4.70. The second-order valence-corrected chi connectivity index (χ2v) is 8.54. The minimum absolute atomic E-state index is 0.130. The van der Waals surface area contributed by atoms with Gasteiger partial charge in [0.1, 0.15) is 0 Å². The summed E-state index contributed by atoms with van der Waals surface area (Å²) in [7, 11) is 3.52. The van der Waals surface area contributed by atoms with Crippen molar-refractivity contribution < 1.29 is 14.3 Å². The van der Waals surface area contributed by atoms with Crippen LogP contribution >= 0.6 is 0 Å². The second kappa shape index (κ2) is 11.7. The molecule has 0 aliphatic carbocycles. The molecule has 1 heterocycles. The minimum Gasteiger partial charge on any atom is -0.469 e. The number of hydrogen-bond acceptors (Lipinski definition) is 4. The number of likely N-dealkylation sites (tertiary alicyclic amines) is 1. The average Bonchev–Trinajstić information content (AvgIpc) is 2.79. The number of anilines is 1. The van der Waals surface area contributed by atoms with Crippen LogP contribution in [0.2, 0.25) is 0 Å². The zero-order valence-corrected chi connectivity index (χ0v) is 18.7. The molecule has 0 unspecified atom stereocenters. The van der Waals surface area contributed by atoms with Gasteiger partial charge < -0.3 is 15.0 Å². The summed E-state index contributed by atoms with van der Waals surface area (Å²) in [6.45, 7) is 1.99. The quantitative estimate of drug-likeness (QED) is 0.485. The lowest BCUT2D eigenvalue weighted by molar-refractivity contribution is -0.139. The van der Waals surface area contributed by atoms with Gasteiger partial charge >= 0.3 is 5.97 Å². The fourth-order valence-corrected chi connectivity index (χ4v) is 3.99. The maximum absolute atomic E-state index is 12.4. The zero-order chi connectivity index (χ0) is 22.1. The van der Waals surface area contributed by atoms with Gasteiger partial charge in [0.2, 0.25) is 5.91 Å². The molecular formula is C26H34N2O3.